The van der Waals surface area contributed by atoms with Crippen LogP contribution < -0.4 is 0 Å². The van der Waals surface area contributed by atoms with Crippen molar-refractivity contribution < 1.29 is 0 Å². The summed E-state index contributed by atoms with van der Waals surface area (Å²) in [5.41, 5.74) is 8.56. The quantitative estimate of drug-likeness (QED) is 0.448. The summed E-state index contributed by atoms with van der Waals surface area (Å²) in [6.45, 7) is 6.45. The van der Waals surface area contributed by atoms with Crippen molar-refractivity contribution in [2.45, 2.75) is 20.8 Å². The third-order valence-electron chi connectivity index (χ3n) is 4.22. The predicted octanol–water partition coefficient (Wildman–Crippen LogP) is 5.25. The lowest BCUT2D eigenvalue weighted by atomic mass is 9.94. The molecular formula is C20H17N. The summed E-state index contributed by atoms with van der Waals surface area (Å²) in [7, 11) is 0. The Kier molecular flexibility index (Phi) is 2.52. The van der Waals surface area contributed by atoms with Crippen molar-refractivity contribution in [2.24, 2.45) is 4.99 Å². The van der Waals surface area contributed by atoms with Gasteiger partial charge < -0.3 is 0 Å². The van der Waals surface area contributed by atoms with E-state index in [2.05, 4.69) is 69.3 Å². The zero-order valence-electron chi connectivity index (χ0n) is 12.6. The summed E-state index contributed by atoms with van der Waals surface area (Å²) >= 11 is 0. The normalized spacial score (nSPS) is 12.8. The number of nitrogens with zero attached hydrogens (tertiary/aromatic N) is 1. The van der Waals surface area contributed by atoms with E-state index in [-0.39, 0.29) is 0 Å². The Hall–Kier alpha value is -2.41. The highest BCUT2D eigenvalue weighted by Crippen LogP contribution is 2.38. The minimum Gasteiger partial charge on any atom is -0.247 e. The molecular weight excluding hydrogens is 254 g/mol. The second-order valence-electron chi connectivity index (χ2n) is 5.97. The molecule has 0 unspecified atom stereocenters. The molecule has 21 heavy (non-hydrogen) atoms. The standard InChI is InChI=1S/C20H17N/c1-12-9-13(2)11-15(10-12)20-17-8-7-14(3)16-5-4-6-18(21-20)19(16)17/h4-11H,1-3H3. The zero-order chi connectivity index (χ0) is 14.6. The van der Waals surface area contributed by atoms with Crippen LogP contribution in [-0.4, -0.2) is 5.71 Å². The smallest absolute Gasteiger partial charge is 0.0789 e. The van der Waals surface area contributed by atoms with Gasteiger partial charge in [-0.2, -0.15) is 0 Å². The second-order valence-corrected chi connectivity index (χ2v) is 5.97. The summed E-state index contributed by atoms with van der Waals surface area (Å²) in [6.07, 6.45) is 0. The number of rotatable bonds is 1. The van der Waals surface area contributed by atoms with Crippen LogP contribution in [0.1, 0.15) is 27.8 Å². The van der Waals surface area contributed by atoms with E-state index in [1.54, 1.807) is 0 Å². The average molecular weight is 271 g/mol. The second kappa shape index (κ2) is 4.29. The van der Waals surface area contributed by atoms with Gasteiger partial charge in [0.15, 0.2) is 0 Å². The van der Waals surface area contributed by atoms with Crippen LogP contribution in [0.25, 0.3) is 10.8 Å². The van der Waals surface area contributed by atoms with Crippen molar-refractivity contribution in [1.82, 2.24) is 0 Å². The van der Waals surface area contributed by atoms with Gasteiger partial charge in [-0.3, -0.25) is 0 Å². The van der Waals surface area contributed by atoms with Crippen molar-refractivity contribution in [3.8, 4) is 0 Å². The molecule has 0 spiro atoms. The lowest BCUT2D eigenvalue weighted by Crippen LogP contribution is -2.01. The van der Waals surface area contributed by atoms with Crippen LogP contribution in [0.3, 0.4) is 0 Å². The van der Waals surface area contributed by atoms with Gasteiger partial charge in [-0.15, -0.1) is 0 Å². The van der Waals surface area contributed by atoms with Crippen molar-refractivity contribution >= 4 is 22.2 Å². The van der Waals surface area contributed by atoms with Crippen molar-refractivity contribution in [1.29, 1.82) is 0 Å². The maximum absolute atomic E-state index is 4.91. The molecule has 0 atom stereocenters. The van der Waals surface area contributed by atoms with Crippen LogP contribution in [-0.2, 0) is 0 Å². The summed E-state index contributed by atoms with van der Waals surface area (Å²) in [6, 6.07) is 17.5. The molecule has 102 valence electrons. The van der Waals surface area contributed by atoms with E-state index in [4.69, 9.17) is 4.99 Å². The lowest BCUT2D eigenvalue weighted by molar-refractivity contribution is 1.37. The minimum atomic E-state index is 1.10. The fraction of sp³-hybridized carbons (Fsp3) is 0.150. The maximum atomic E-state index is 4.91. The number of benzene rings is 3. The van der Waals surface area contributed by atoms with Gasteiger partial charge in [-0.1, -0.05) is 41.5 Å². The van der Waals surface area contributed by atoms with Crippen LogP contribution in [0.4, 0.5) is 5.69 Å². The summed E-state index contributed by atoms with van der Waals surface area (Å²) in [5, 5.41) is 2.61. The van der Waals surface area contributed by atoms with Crippen molar-refractivity contribution in [3.63, 3.8) is 0 Å². The molecule has 1 aliphatic rings. The molecule has 1 nitrogen and oxygen atoms in total. The number of aryl methyl sites for hydroxylation is 3. The molecule has 0 bridgehead atoms. The zero-order valence-corrected chi connectivity index (χ0v) is 12.6. The Morgan fingerprint density at radius 1 is 0.810 bits per heavy atom. The highest BCUT2D eigenvalue weighted by molar-refractivity contribution is 6.26. The van der Waals surface area contributed by atoms with Crippen LogP contribution in [0.2, 0.25) is 0 Å². The molecule has 0 N–H and O–H groups in total. The van der Waals surface area contributed by atoms with Gasteiger partial charge in [0.05, 0.1) is 11.4 Å². The monoisotopic (exact) mass is 271 g/mol. The van der Waals surface area contributed by atoms with Crippen LogP contribution in [0, 0.1) is 20.8 Å². The SMILES string of the molecule is Cc1cc(C)cc(C2=Nc3cccc4c(C)ccc2c34)c1. The van der Waals surface area contributed by atoms with E-state index in [1.807, 2.05) is 0 Å². The van der Waals surface area contributed by atoms with E-state index >= 15 is 0 Å². The van der Waals surface area contributed by atoms with Crippen molar-refractivity contribution in [2.75, 3.05) is 0 Å². The van der Waals surface area contributed by atoms with Gasteiger partial charge in [0, 0.05) is 16.5 Å². The molecule has 0 amide bonds. The van der Waals surface area contributed by atoms with Crippen LogP contribution >= 0.6 is 0 Å². The van der Waals surface area contributed by atoms with Gasteiger partial charge in [-0.05, 0) is 49.9 Å². The minimum absolute atomic E-state index is 1.10. The fourth-order valence-corrected chi connectivity index (χ4v) is 3.34. The van der Waals surface area contributed by atoms with Gasteiger partial charge in [0.1, 0.15) is 0 Å². The largest absolute Gasteiger partial charge is 0.247 e. The van der Waals surface area contributed by atoms with Crippen LogP contribution in [0.15, 0.2) is 53.5 Å². The summed E-state index contributed by atoms with van der Waals surface area (Å²) in [5.74, 6) is 0. The first-order chi connectivity index (χ1) is 10.1. The summed E-state index contributed by atoms with van der Waals surface area (Å²) in [4.78, 5) is 4.91. The summed E-state index contributed by atoms with van der Waals surface area (Å²) < 4.78 is 0. The first-order valence-electron chi connectivity index (χ1n) is 7.33. The van der Waals surface area contributed by atoms with Gasteiger partial charge >= 0.3 is 0 Å². The molecule has 0 saturated heterocycles. The number of hydrogen-bond acceptors (Lipinski definition) is 1. The fourth-order valence-electron chi connectivity index (χ4n) is 3.34. The van der Waals surface area contributed by atoms with Gasteiger partial charge in [0.2, 0.25) is 0 Å². The Bertz CT molecular complexity index is 896. The molecule has 3 aromatic carbocycles. The molecule has 0 saturated carbocycles. The first kappa shape index (κ1) is 12.3. The van der Waals surface area contributed by atoms with E-state index in [0.717, 1.165) is 11.4 Å². The molecule has 3 aromatic rings. The van der Waals surface area contributed by atoms with E-state index in [0.29, 0.717) is 0 Å². The molecule has 1 heteroatoms. The third kappa shape index (κ3) is 1.81. The Balaban J connectivity index is 2.02. The molecule has 0 fully saturated rings. The highest BCUT2D eigenvalue weighted by atomic mass is 14.8. The molecule has 0 aromatic heterocycles. The molecule has 1 aliphatic heterocycles. The van der Waals surface area contributed by atoms with E-state index in [9.17, 15) is 0 Å². The average Bonchev–Trinajstić information content (AvgIpc) is 2.82. The third-order valence-corrected chi connectivity index (χ3v) is 4.22. The number of aliphatic imine (C=N–C) groups is 1. The number of hydrogen-bond donors (Lipinski definition) is 0. The van der Waals surface area contributed by atoms with E-state index in [1.165, 1.54) is 38.6 Å². The Labute approximate surface area is 125 Å². The lowest BCUT2D eigenvalue weighted by Gasteiger charge is -2.08. The predicted molar refractivity (Wildman–Crippen MR) is 89.9 cm³/mol. The highest BCUT2D eigenvalue weighted by Gasteiger charge is 2.20. The molecule has 0 radical (unpaired) electrons. The van der Waals surface area contributed by atoms with Gasteiger partial charge in [0.25, 0.3) is 0 Å². The Morgan fingerprint density at radius 2 is 1.57 bits per heavy atom. The van der Waals surface area contributed by atoms with Crippen LogP contribution in [0.5, 0.6) is 0 Å². The maximum Gasteiger partial charge on any atom is 0.0789 e. The van der Waals surface area contributed by atoms with E-state index < -0.39 is 0 Å². The Morgan fingerprint density at radius 3 is 2.33 bits per heavy atom. The van der Waals surface area contributed by atoms with Crippen molar-refractivity contribution in [3.05, 3.63) is 76.3 Å². The molecule has 4 rings (SSSR count). The first-order valence-corrected chi connectivity index (χ1v) is 7.33. The van der Waals surface area contributed by atoms with Gasteiger partial charge in [-0.25, -0.2) is 4.99 Å². The topological polar surface area (TPSA) is 12.4 Å². The molecule has 0 aliphatic carbocycles. The molecule has 1 heterocycles.